The van der Waals surface area contributed by atoms with Crippen LogP contribution in [0, 0.1) is 0 Å². The maximum absolute atomic E-state index is 5.94. The normalized spacial score (nSPS) is 11.4. The molecule has 0 aliphatic carbocycles. The van der Waals surface area contributed by atoms with Crippen LogP contribution in [-0.4, -0.2) is 31.0 Å². The van der Waals surface area contributed by atoms with Crippen LogP contribution in [0.15, 0.2) is 46.8 Å². The van der Waals surface area contributed by atoms with Crippen LogP contribution in [0.5, 0.6) is 0 Å². The SMILES string of the molecule is CCN(C)Cc1cccc(CN=C(N)NCCc2cccs2)c1.I. The second kappa shape index (κ2) is 11.4. The van der Waals surface area contributed by atoms with Crippen LogP contribution in [0.4, 0.5) is 0 Å². The Kier molecular flexibility index (Phi) is 9.97. The molecule has 0 aliphatic rings. The number of guanidine groups is 1. The molecule has 0 radical (unpaired) electrons. The Morgan fingerprint density at radius 1 is 1.25 bits per heavy atom. The van der Waals surface area contributed by atoms with Crippen molar-refractivity contribution in [3.05, 3.63) is 57.8 Å². The highest BCUT2D eigenvalue weighted by molar-refractivity contribution is 14.0. The third-order valence-electron chi connectivity index (χ3n) is 3.67. The molecule has 0 unspecified atom stereocenters. The van der Waals surface area contributed by atoms with E-state index in [1.807, 2.05) is 0 Å². The summed E-state index contributed by atoms with van der Waals surface area (Å²) in [4.78, 5) is 8.07. The second-order valence-electron chi connectivity index (χ2n) is 5.61. The summed E-state index contributed by atoms with van der Waals surface area (Å²) >= 11 is 1.77. The third kappa shape index (κ3) is 7.63. The predicted octanol–water partition coefficient (Wildman–Crippen LogP) is 3.46. The van der Waals surface area contributed by atoms with Crippen molar-refractivity contribution in [1.29, 1.82) is 0 Å². The van der Waals surface area contributed by atoms with E-state index in [1.165, 1.54) is 16.0 Å². The number of thiophene rings is 1. The number of nitrogens with two attached hydrogens (primary N) is 1. The Balaban J connectivity index is 0.00000288. The molecule has 1 heterocycles. The number of benzene rings is 1. The number of halogens is 1. The van der Waals surface area contributed by atoms with Gasteiger partial charge in [0.1, 0.15) is 0 Å². The van der Waals surface area contributed by atoms with Crippen LogP contribution in [0.25, 0.3) is 0 Å². The van der Waals surface area contributed by atoms with Gasteiger partial charge in [-0.25, -0.2) is 4.99 Å². The lowest BCUT2D eigenvalue weighted by Crippen LogP contribution is -2.33. The first kappa shape index (κ1) is 20.9. The van der Waals surface area contributed by atoms with Crippen LogP contribution in [0.1, 0.15) is 22.9 Å². The van der Waals surface area contributed by atoms with Gasteiger partial charge in [-0.1, -0.05) is 37.3 Å². The third-order valence-corrected chi connectivity index (χ3v) is 4.61. The zero-order valence-electron chi connectivity index (χ0n) is 14.4. The van der Waals surface area contributed by atoms with Gasteiger partial charge in [-0.3, -0.25) is 0 Å². The molecule has 132 valence electrons. The van der Waals surface area contributed by atoms with E-state index in [-0.39, 0.29) is 24.0 Å². The molecule has 1 aromatic carbocycles. The zero-order chi connectivity index (χ0) is 16.5. The molecule has 24 heavy (non-hydrogen) atoms. The minimum atomic E-state index is 0. The molecule has 0 saturated carbocycles. The Morgan fingerprint density at radius 3 is 2.75 bits per heavy atom. The zero-order valence-corrected chi connectivity index (χ0v) is 17.5. The van der Waals surface area contributed by atoms with Gasteiger partial charge in [0.15, 0.2) is 5.96 Å². The maximum Gasteiger partial charge on any atom is 0.188 e. The van der Waals surface area contributed by atoms with E-state index in [0.717, 1.165) is 26.1 Å². The van der Waals surface area contributed by atoms with Crippen molar-refractivity contribution in [2.75, 3.05) is 20.1 Å². The molecule has 0 atom stereocenters. The molecule has 6 heteroatoms. The standard InChI is InChI=1S/C18H26N4S.HI/c1-3-22(2)14-16-7-4-6-15(12-16)13-21-18(19)20-10-9-17-8-5-11-23-17;/h4-8,11-12H,3,9-10,13-14H2,1-2H3,(H3,19,20,21);1H. The Hall–Kier alpha value is -1.12. The monoisotopic (exact) mass is 458 g/mol. The van der Waals surface area contributed by atoms with Crippen LogP contribution < -0.4 is 11.1 Å². The first-order chi connectivity index (χ1) is 11.2. The number of hydrogen-bond donors (Lipinski definition) is 2. The van der Waals surface area contributed by atoms with E-state index < -0.39 is 0 Å². The minimum absolute atomic E-state index is 0. The van der Waals surface area contributed by atoms with Crippen LogP contribution in [-0.2, 0) is 19.5 Å². The fourth-order valence-electron chi connectivity index (χ4n) is 2.25. The highest BCUT2D eigenvalue weighted by Gasteiger charge is 2.00. The summed E-state index contributed by atoms with van der Waals surface area (Å²) in [6.07, 6.45) is 0.979. The van der Waals surface area contributed by atoms with Gasteiger partial charge in [-0.2, -0.15) is 0 Å². The molecule has 0 spiro atoms. The van der Waals surface area contributed by atoms with Crippen molar-refractivity contribution in [3.63, 3.8) is 0 Å². The minimum Gasteiger partial charge on any atom is -0.370 e. The molecular formula is C18H27IN4S. The molecule has 4 nitrogen and oxygen atoms in total. The summed E-state index contributed by atoms with van der Waals surface area (Å²) in [5, 5.41) is 5.27. The van der Waals surface area contributed by atoms with Crippen molar-refractivity contribution in [1.82, 2.24) is 10.2 Å². The highest BCUT2D eigenvalue weighted by atomic mass is 127. The molecule has 1 aromatic heterocycles. The second-order valence-corrected chi connectivity index (χ2v) is 6.64. The smallest absolute Gasteiger partial charge is 0.188 e. The largest absolute Gasteiger partial charge is 0.370 e. The molecular weight excluding hydrogens is 431 g/mol. The summed E-state index contributed by atoms with van der Waals surface area (Å²) < 4.78 is 0. The van der Waals surface area contributed by atoms with Crippen molar-refractivity contribution >= 4 is 41.3 Å². The molecule has 0 amide bonds. The van der Waals surface area contributed by atoms with E-state index in [4.69, 9.17) is 5.73 Å². The number of nitrogens with zero attached hydrogens (tertiary/aromatic N) is 2. The van der Waals surface area contributed by atoms with Crippen LogP contribution in [0.2, 0.25) is 0 Å². The number of nitrogens with one attached hydrogen (secondary N) is 1. The first-order valence-corrected chi connectivity index (χ1v) is 8.88. The topological polar surface area (TPSA) is 53.6 Å². The van der Waals surface area contributed by atoms with Crippen molar-refractivity contribution < 1.29 is 0 Å². The predicted molar refractivity (Wildman–Crippen MR) is 115 cm³/mol. The van der Waals surface area contributed by atoms with Crippen molar-refractivity contribution in [2.45, 2.75) is 26.4 Å². The number of rotatable bonds is 8. The van der Waals surface area contributed by atoms with Gasteiger partial charge < -0.3 is 16.0 Å². The summed E-state index contributed by atoms with van der Waals surface area (Å²) in [6.45, 7) is 5.60. The van der Waals surface area contributed by atoms with Gasteiger partial charge in [0.25, 0.3) is 0 Å². The van der Waals surface area contributed by atoms with Crippen molar-refractivity contribution in [2.24, 2.45) is 10.7 Å². The highest BCUT2D eigenvalue weighted by Crippen LogP contribution is 2.09. The fraction of sp³-hybridized carbons (Fsp3) is 0.389. The lowest BCUT2D eigenvalue weighted by Gasteiger charge is -2.14. The fourth-order valence-corrected chi connectivity index (χ4v) is 2.96. The van der Waals surface area contributed by atoms with E-state index >= 15 is 0 Å². The summed E-state index contributed by atoms with van der Waals surface area (Å²) in [5.74, 6) is 0.512. The Morgan fingerprint density at radius 2 is 2.04 bits per heavy atom. The van der Waals surface area contributed by atoms with Gasteiger partial charge in [-0.05, 0) is 42.6 Å². The Labute approximate surface area is 166 Å². The number of hydrogen-bond acceptors (Lipinski definition) is 3. The van der Waals surface area contributed by atoms with E-state index in [2.05, 4.69) is 71.0 Å². The van der Waals surface area contributed by atoms with E-state index in [0.29, 0.717) is 12.5 Å². The average molecular weight is 458 g/mol. The van der Waals surface area contributed by atoms with Gasteiger partial charge in [0.05, 0.1) is 6.54 Å². The summed E-state index contributed by atoms with van der Waals surface area (Å²) in [6, 6.07) is 12.7. The molecule has 2 aromatic rings. The lowest BCUT2D eigenvalue weighted by molar-refractivity contribution is 0.345. The van der Waals surface area contributed by atoms with E-state index in [1.54, 1.807) is 11.3 Å². The average Bonchev–Trinajstić information content (AvgIpc) is 3.06. The van der Waals surface area contributed by atoms with Crippen LogP contribution >= 0.6 is 35.3 Å². The molecule has 0 saturated heterocycles. The first-order valence-electron chi connectivity index (χ1n) is 8.00. The van der Waals surface area contributed by atoms with Gasteiger partial charge in [0, 0.05) is 18.0 Å². The summed E-state index contributed by atoms with van der Waals surface area (Å²) in [5.41, 5.74) is 8.44. The molecule has 0 aliphatic heterocycles. The maximum atomic E-state index is 5.94. The molecule has 0 fully saturated rings. The van der Waals surface area contributed by atoms with Crippen LogP contribution in [0.3, 0.4) is 0 Å². The Bertz CT molecular complexity index is 613. The number of aliphatic imine (C=N–C) groups is 1. The van der Waals surface area contributed by atoms with Crippen molar-refractivity contribution in [3.8, 4) is 0 Å². The molecule has 2 rings (SSSR count). The molecule has 3 N–H and O–H groups in total. The van der Waals surface area contributed by atoms with Gasteiger partial charge in [0.2, 0.25) is 0 Å². The lowest BCUT2D eigenvalue weighted by atomic mass is 10.1. The van der Waals surface area contributed by atoms with Gasteiger partial charge in [-0.15, -0.1) is 35.3 Å². The molecule has 0 bridgehead atoms. The van der Waals surface area contributed by atoms with E-state index in [9.17, 15) is 0 Å². The quantitative estimate of drug-likeness (QED) is 0.362. The summed E-state index contributed by atoms with van der Waals surface area (Å²) in [7, 11) is 2.13. The van der Waals surface area contributed by atoms with Gasteiger partial charge >= 0.3 is 0 Å².